The SMILES string of the molecule is CN1CCCC(NC(=O)c2c(O)cccc2O)C1. The Kier molecular flexibility index (Phi) is 3.72. The van der Waals surface area contributed by atoms with E-state index in [4.69, 9.17) is 0 Å². The van der Waals surface area contributed by atoms with Crippen LogP contribution in [0.2, 0.25) is 0 Å². The summed E-state index contributed by atoms with van der Waals surface area (Å²) in [6.45, 7) is 1.83. The largest absolute Gasteiger partial charge is 0.507 e. The third kappa shape index (κ3) is 2.73. The van der Waals surface area contributed by atoms with Crippen molar-refractivity contribution in [3.63, 3.8) is 0 Å². The third-order valence-corrected chi connectivity index (χ3v) is 3.21. The highest BCUT2D eigenvalue weighted by Crippen LogP contribution is 2.26. The van der Waals surface area contributed by atoms with Crippen LogP contribution in [0.3, 0.4) is 0 Å². The van der Waals surface area contributed by atoms with E-state index in [1.54, 1.807) is 0 Å². The molecule has 0 saturated carbocycles. The lowest BCUT2D eigenvalue weighted by Crippen LogP contribution is -2.46. The van der Waals surface area contributed by atoms with Crippen LogP contribution in [-0.2, 0) is 0 Å². The number of piperidine rings is 1. The Labute approximate surface area is 106 Å². The molecule has 1 aromatic carbocycles. The van der Waals surface area contributed by atoms with Gasteiger partial charge in [0.15, 0.2) is 0 Å². The minimum atomic E-state index is -0.425. The molecule has 1 aliphatic rings. The number of hydrogen-bond donors (Lipinski definition) is 3. The number of aromatic hydroxyl groups is 2. The van der Waals surface area contributed by atoms with Crippen LogP contribution in [0, 0.1) is 0 Å². The summed E-state index contributed by atoms with van der Waals surface area (Å²) in [6, 6.07) is 4.34. The van der Waals surface area contributed by atoms with E-state index in [9.17, 15) is 15.0 Å². The van der Waals surface area contributed by atoms with Crippen molar-refractivity contribution in [3.8, 4) is 11.5 Å². The number of phenols is 2. The molecule has 0 spiro atoms. The zero-order valence-corrected chi connectivity index (χ0v) is 10.4. The summed E-state index contributed by atoms with van der Waals surface area (Å²) >= 11 is 0. The maximum Gasteiger partial charge on any atom is 0.259 e. The van der Waals surface area contributed by atoms with Crippen molar-refractivity contribution in [1.29, 1.82) is 0 Å². The van der Waals surface area contributed by atoms with Crippen LogP contribution >= 0.6 is 0 Å². The normalized spacial score (nSPS) is 20.6. The lowest BCUT2D eigenvalue weighted by atomic mass is 10.1. The summed E-state index contributed by atoms with van der Waals surface area (Å²) in [7, 11) is 2.01. The van der Waals surface area contributed by atoms with E-state index in [1.807, 2.05) is 7.05 Å². The van der Waals surface area contributed by atoms with E-state index in [0.717, 1.165) is 25.9 Å². The van der Waals surface area contributed by atoms with Gasteiger partial charge in [0.25, 0.3) is 5.91 Å². The van der Waals surface area contributed by atoms with E-state index in [1.165, 1.54) is 18.2 Å². The third-order valence-electron chi connectivity index (χ3n) is 3.21. The monoisotopic (exact) mass is 250 g/mol. The smallest absolute Gasteiger partial charge is 0.259 e. The van der Waals surface area contributed by atoms with Gasteiger partial charge in [-0.1, -0.05) is 6.07 Å². The molecule has 1 fully saturated rings. The van der Waals surface area contributed by atoms with Crippen molar-refractivity contribution >= 4 is 5.91 Å². The van der Waals surface area contributed by atoms with Gasteiger partial charge in [0.1, 0.15) is 17.1 Å². The second kappa shape index (κ2) is 5.27. The first-order valence-corrected chi connectivity index (χ1v) is 6.08. The standard InChI is InChI=1S/C13H18N2O3/c1-15-7-3-4-9(8-15)14-13(18)12-10(16)5-2-6-11(12)17/h2,5-6,9,16-17H,3-4,7-8H2,1H3,(H,14,18). The van der Waals surface area contributed by atoms with E-state index >= 15 is 0 Å². The Balaban J connectivity index is 2.07. The number of phenolic OH excluding ortho intramolecular Hbond substituents is 2. The van der Waals surface area contributed by atoms with Crippen molar-refractivity contribution in [1.82, 2.24) is 10.2 Å². The fourth-order valence-corrected chi connectivity index (χ4v) is 2.30. The van der Waals surface area contributed by atoms with Crippen LogP contribution < -0.4 is 5.32 Å². The number of hydrogen-bond acceptors (Lipinski definition) is 4. The predicted octanol–water partition coefficient (Wildman–Crippen LogP) is 0.922. The molecule has 1 saturated heterocycles. The zero-order valence-electron chi connectivity index (χ0n) is 10.4. The van der Waals surface area contributed by atoms with Gasteiger partial charge >= 0.3 is 0 Å². The van der Waals surface area contributed by atoms with Crippen LogP contribution in [0.25, 0.3) is 0 Å². The number of benzene rings is 1. The Morgan fingerprint density at radius 1 is 1.39 bits per heavy atom. The molecule has 1 aromatic rings. The number of likely N-dealkylation sites (N-methyl/N-ethyl adjacent to an activating group) is 1. The van der Waals surface area contributed by atoms with E-state index < -0.39 is 5.91 Å². The van der Waals surface area contributed by atoms with Gasteiger partial charge < -0.3 is 20.4 Å². The summed E-state index contributed by atoms with van der Waals surface area (Å²) < 4.78 is 0. The zero-order chi connectivity index (χ0) is 13.1. The first-order chi connectivity index (χ1) is 8.58. The molecule has 0 aromatic heterocycles. The van der Waals surface area contributed by atoms with Crippen molar-refractivity contribution < 1.29 is 15.0 Å². The number of carbonyl (C=O) groups is 1. The van der Waals surface area contributed by atoms with Gasteiger partial charge in [0.05, 0.1) is 0 Å². The van der Waals surface area contributed by atoms with E-state index in [2.05, 4.69) is 10.2 Å². The van der Waals surface area contributed by atoms with Gasteiger partial charge in [-0.3, -0.25) is 4.79 Å². The highest BCUT2D eigenvalue weighted by molar-refractivity contribution is 5.99. The van der Waals surface area contributed by atoms with Crippen molar-refractivity contribution in [2.24, 2.45) is 0 Å². The number of amides is 1. The number of rotatable bonds is 2. The molecule has 2 rings (SSSR count). The first-order valence-electron chi connectivity index (χ1n) is 6.08. The van der Waals surface area contributed by atoms with Gasteiger partial charge in [-0.05, 0) is 38.6 Å². The molecular formula is C13H18N2O3. The average Bonchev–Trinajstić information content (AvgIpc) is 2.28. The van der Waals surface area contributed by atoms with Crippen molar-refractivity contribution in [2.75, 3.05) is 20.1 Å². The van der Waals surface area contributed by atoms with Crippen LogP contribution in [0.15, 0.2) is 18.2 Å². The summed E-state index contributed by atoms with van der Waals surface area (Å²) in [5.41, 5.74) is -0.0503. The van der Waals surface area contributed by atoms with Gasteiger partial charge in [-0.25, -0.2) is 0 Å². The highest BCUT2D eigenvalue weighted by Gasteiger charge is 2.22. The van der Waals surface area contributed by atoms with Crippen LogP contribution in [0.5, 0.6) is 11.5 Å². The van der Waals surface area contributed by atoms with Gasteiger partial charge in [0.2, 0.25) is 0 Å². The van der Waals surface area contributed by atoms with Crippen LogP contribution in [0.4, 0.5) is 0 Å². The molecule has 0 bridgehead atoms. The molecule has 5 nitrogen and oxygen atoms in total. The number of likely N-dealkylation sites (tertiary alicyclic amines) is 1. The molecule has 3 N–H and O–H groups in total. The number of nitrogens with one attached hydrogen (secondary N) is 1. The van der Waals surface area contributed by atoms with Crippen molar-refractivity contribution in [2.45, 2.75) is 18.9 Å². The Hall–Kier alpha value is -1.75. The maximum absolute atomic E-state index is 12.0. The second-order valence-corrected chi connectivity index (χ2v) is 4.75. The average molecular weight is 250 g/mol. The lowest BCUT2D eigenvalue weighted by Gasteiger charge is -2.30. The minimum Gasteiger partial charge on any atom is -0.507 e. The molecule has 18 heavy (non-hydrogen) atoms. The number of carbonyl (C=O) groups excluding carboxylic acids is 1. The summed E-state index contributed by atoms with van der Waals surface area (Å²) in [4.78, 5) is 14.2. The molecule has 0 aliphatic carbocycles. The minimum absolute atomic E-state index is 0.0503. The molecule has 1 atom stereocenters. The fraction of sp³-hybridized carbons (Fsp3) is 0.462. The van der Waals surface area contributed by atoms with Crippen LogP contribution in [0.1, 0.15) is 23.2 Å². The molecule has 1 aliphatic heterocycles. The van der Waals surface area contributed by atoms with Crippen molar-refractivity contribution in [3.05, 3.63) is 23.8 Å². The molecule has 1 unspecified atom stereocenters. The molecule has 1 amide bonds. The lowest BCUT2D eigenvalue weighted by molar-refractivity contribution is 0.0907. The molecular weight excluding hydrogens is 232 g/mol. The van der Waals surface area contributed by atoms with E-state index in [0.29, 0.717) is 0 Å². The Morgan fingerprint density at radius 3 is 2.67 bits per heavy atom. The molecule has 98 valence electrons. The number of nitrogens with zero attached hydrogens (tertiary/aromatic N) is 1. The highest BCUT2D eigenvalue weighted by atomic mass is 16.3. The van der Waals surface area contributed by atoms with Gasteiger partial charge in [-0.15, -0.1) is 0 Å². The summed E-state index contributed by atoms with van der Waals surface area (Å²) in [5.74, 6) is -0.820. The molecule has 0 radical (unpaired) electrons. The Bertz CT molecular complexity index is 428. The fourth-order valence-electron chi connectivity index (χ4n) is 2.30. The predicted molar refractivity (Wildman–Crippen MR) is 67.8 cm³/mol. The van der Waals surface area contributed by atoms with Crippen LogP contribution in [-0.4, -0.2) is 47.2 Å². The summed E-state index contributed by atoms with van der Waals surface area (Å²) in [5, 5.41) is 22.1. The molecule has 5 heteroatoms. The topological polar surface area (TPSA) is 72.8 Å². The van der Waals surface area contributed by atoms with Gasteiger partial charge in [0, 0.05) is 12.6 Å². The first kappa shape index (κ1) is 12.7. The summed E-state index contributed by atoms with van der Waals surface area (Å²) in [6.07, 6.45) is 1.96. The Morgan fingerprint density at radius 2 is 2.06 bits per heavy atom. The molecule has 1 heterocycles. The van der Waals surface area contributed by atoms with Gasteiger partial charge in [-0.2, -0.15) is 0 Å². The van der Waals surface area contributed by atoms with E-state index in [-0.39, 0.29) is 23.1 Å². The quantitative estimate of drug-likeness (QED) is 0.730. The maximum atomic E-state index is 12.0. The second-order valence-electron chi connectivity index (χ2n) is 4.75.